The highest BCUT2D eigenvalue weighted by Gasteiger charge is 2.34. The molecule has 5 rings (SSSR count). The molecule has 1 atom stereocenters. The maximum Gasteiger partial charge on any atom is 0.264 e. The summed E-state index contributed by atoms with van der Waals surface area (Å²) >= 11 is 0. The lowest BCUT2D eigenvalue weighted by Crippen LogP contribution is -2.54. The number of anilines is 1. The first-order valence-electron chi connectivity index (χ1n) is 15.6. The molecule has 0 spiro atoms. The second-order valence-corrected chi connectivity index (χ2v) is 13.2. The number of benzene rings is 3. The number of hydrogen-bond acceptors (Lipinski definition) is 6. The van der Waals surface area contributed by atoms with Crippen LogP contribution in [0, 0.1) is 5.82 Å². The van der Waals surface area contributed by atoms with Crippen molar-refractivity contribution in [3.8, 4) is 11.5 Å². The van der Waals surface area contributed by atoms with Crippen LogP contribution in [-0.4, -0.2) is 63.5 Å². The summed E-state index contributed by atoms with van der Waals surface area (Å²) in [5, 5.41) is 3.15. The molecular formula is C34H40FN3O6S. The molecule has 1 heterocycles. The lowest BCUT2D eigenvalue weighted by atomic mass is 9.95. The monoisotopic (exact) mass is 637 g/mol. The van der Waals surface area contributed by atoms with Crippen molar-refractivity contribution in [2.75, 3.05) is 30.6 Å². The number of ether oxygens (including phenoxy) is 2. The average molecular weight is 638 g/mol. The number of carbonyl (C=O) groups excluding carboxylic acids is 2. The highest BCUT2D eigenvalue weighted by molar-refractivity contribution is 7.92. The normalized spacial score (nSPS) is 15.6. The molecule has 1 N–H and O–H groups in total. The number of hydrogen-bond donors (Lipinski definition) is 1. The standard InChI is InChI=1S/C34H40FN3O6S/c1-2-30(34(40)36-27-11-7-4-8-12-27)37(20-19-25-9-5-3-6-10-25)33(39)24-38(28-15-13-26(35)14-16-28)45(41,42)29-17-18-31-32(23-29)44-22-21-43-31/h3,5-6,9-10,13-18,23,27,30H,2,4,7-8,11-12,19-22,24H2,1H3,(H,36,40)/t30-/m1/s1. The summed E-state index contributed by atoms with van der Waals surface area (Å²) in [6.07, 6.45) is 5.85. The quantitative estimate of drug-likeness (QED) is 0.297. The SMILES string of the molecule is CC[C@H](C(=O)NC1CCCCC1)N(CCc1ccccc1)C(=O)CN(c1ccc(F)cc1)S(=O)(=O)c1ccc2c(c1)OCCO2. The highest BCUT2D eigenvalue weighted by atomic mass is 32.2. The lowest BCUT2D eigenvalue weighted by molar-refractivity contribution is -0.140. The Kier molecular flexibility index (Phi) is 10.6. The zero-order chi connectivity index (χ0) is 31.8. The maximum absolute atomic E-state index is 14.2. The molecule has 3 aromatic carbocycles. The van der Waals surface area contributed by atoms with E-state index in [0.29, 0.717) is 25.2 Å². The van der Waals surface area contributed by atoms with Gasteiger partial charge in [-0.25, -0.2) is 12.8 Å². The predicted octanol–water partition coefficient (Wildman–Crippen LogP) is 5.09. The third kappa shape index (κ3) is 7.94. The van der Waals surface area contributed by atoms with Crippen LogP contribution in [0.25, 0.3) is 0 Å². The molecule has 3 aromatic rings. The van der Waals surface area contributed by atoms with Crippen LogP contribution in [0.1, 0.15) is 51.0 Å². The van der Waals surface area contributed by atoms with Gasteiger partial charge in [-0.05, 0) is 67.6 Å². The number of nitrogens with one attached hydrogen (secondary N) is 1. The van der Waals surface area contributed by atoms with Crippen molar-refractivity contribution in [2.24, 2.45) is 0 Å². The summed E-state index contributed by atoms with van der Waals surface area (Å²) in [5.41, 5.74) is 1.10. The van der Waals surface area contributed by atoms with Gasteiger partial charge in [0.25, 0.3) is 10.0 Å². The van der Waals surface area contributed by atoms with Gasteiger partial charge < -0.3 is 19.7 Å². The van der Waals surface area contributed by atoms with E-state index >= 15 is 0 Å². The van der Waals surface area contributed by atoms with Gasteiger partial charge in [0.1, 0.15) is 31.6 Å². The molecular weight excluding hydrogens is 597 g/mol. The Bertz CT molecular complexity index is 1560. The summed E-state index contributed by atoms with van der Waals surface area (Å²) < 4.78 is 54.4. The molecule has 0 radical (unpaired) electrons. The van der Waals surface area contributed by atoms with Gasteiger partial charge >= 0.3 is 0 Å². The Morgan fingerprint density at radius 1 is 0.933 bits per heavy atom. The number of sulfonamides is 1. The molecule has 0 aromatic heterocycles. The second-order valence-electron chi connectivity index (χ2n) is 11.4. The molecule has 1 aliphatic heterocycles. The molecule has 240 valence electrons. The van der Waals surface area contributed by atoms with Gasteiger partial charge in [-0.1, -0.05) is 56.5 Å². The third-order valence-electron chi connectivity index (χ3n) is 8.32. The van der Waals surface area contributed by atoms with E-state index in [9.17, 15) is 22.4 Å². The molecule has 1 saturated carbocycles. The fourth-order valence-electron chi connectivity index (χ4n) is 5.89. The van der Waals surface area contributed by atoms with Gasteiger partial charge in [-0.3, -0.25) is 13.9 Å². The van der Waals surface area contributed by atoms with Crippen molar-refractivity contribution in [2.45, 2.75) is 68.8 Å². The van der Waals surface area contributed by atoms with Crippen LogP contribution in [0.3, 0.4) is 0 Å². The number of rotatable bonds is 12. The zero-order valence-electron chi connectivity index (χ0n) is 25.5. The molecule has 1 aliphatic carbocycles. The van der Waals surface area contributed by atoms with Crippen molar-refractivity contribution >= 4 is 27.5 Å². The minimum absolute atomic E-state index is 0.0534. The van der Waals surface area contributed by atoms with E-state index in [4.69, 9.17) is 9.47 Å². The van der Waals surface area contributed by atoms with Gasteiger partial charge in [-0.15, -0.1) is 0 Å². The van der Waals surface area contributed by atoms with Crippen molar-refractivity contribution in [3.63, 3.8) is 0 Å². The van der Waals surface area contributed by atoms with Gasteiger partial charge in [0.2, 0.25) is 11.8 Å². The Morgan fingerprint density at radius 3 is 2.31 bits per heavy atom. The smallest absolute Gasteiger partial charge is 0.264 e. The molecule has 9 nitrogen and oxygen atoms in total. The molecule has 0 bridgehead atoms. The fourth-order valence-corrected chi connectivity index (χ4v) is 7.32. The topological polar surface area (TPSA) is 105 Å². The average Bonchev–Trinajstić information content (AvgIpc) is 3.06. The van der Waals surface area contributed by atoms with Crippen molar-refractivity contribution in [3.05, 3.63) is 84.2 Å². The van der Waals surface area contributed by atoms with Crippen molar-refractivity contribution in [1.29, 1.82) is 0 Å². The van der Waals surface area contributed by atoms with Crippen LogP contribution in [0.15, 0.2) is 77.7 Å². The summed E-state index contributed by atoms with van der Waals surface area (Å²) in [5.74, 6) is -0.624. The van der Waals surface area contributed by atoms with E-state index in [1.54, 1.807) is 0 Å². The molecule has 2 amide bonds. The summed E-state index contributed by atoms with van der Waals surface area (Å²) in [7, 11) is -4.34. The number of fused-ring (bicyclic) bond motifs is 1. The Labute approximate surface area is 264 Å². The van der Waals surface area contributed by atoms with E-state index in [1.807, 2.05) is 37.3 Å². The maximum atomic E-state index is 14.2. The van der Waals surface area contributed by atoms with Crippen LogP contribution < -0.4 is 19.1 Å². The zero-order valence-corrected chi connectivity index (χ0v) is 26.3. The van der Waals surface area contributed by atoms with Crippen LogP contribution >= 0.6 is 0 Å². The minimum atomic E-state index is -4.34. The molecule has 0 saturated heterocycles. The van der Waals surface area contributed by atoms with E-state index in [2.05, 4.69) is 5.32 Å². The Morgan fingerprint density at radius 2 is 1.62 bits per heavy atom. The van der Waals surface area contributed by atoms with Crippen molar-refractivity contribution < 1.29 is 31.9 Å². The Hall–Kier alpha value is -4.12. The minimum Gasteiger partial charge on any atom is -0.486 e. The third-order valence-corrected chi connectivity index (χ3v) is 10.1. The van der Waals surface area contributed by atoms with Crippen LogP contribution in [0.2, 0.25) is 0 Å². The largest absolute Gasteiger partial charge is 0.486 e. The number of nitrogens with zero attached hydrogens (tertiary/aromatic N) is 2. The molecule has 1 fully saturated rings. The van der Waals surface area contributed by atoms with E-state index in [-0.39, 0.29) is 41.4 Å². The number of amides is 2. The van der Waals surface area contributed by atoms with Crippen molar-refractivity contribution in [1.82, 2.24) is 10.2 Å². The van der Waals surface area contributed by atoms with Gasteiger partial charge in [0, 0.05) is 18.7 Å². The first-order chi connectivity index (χ1) is 21.8. The second kappa shape index (κ2) is 14.8. The lowest BCUT2D eigenvalue weighted by Gasteiger charge is -2.34. The van der Waals surface area contributed by atoms with E-state index in [1.165, 1.54) is 35.2 Å². The molecule has 0 unspecified atom stereocenters. The molecule has 45 heavy (non-hydrogen) atoms. The number of carbonyl (C=O) groups is 2. The summed E-state index contributed by atoms with van der Waals surface area (Å²) in [6, 6.07) is 18.1. The molecule has 2 aliphatic rings. The Balaban J connectivity index is 1.46. The fraction of sp³-hybridized carbons (Fsp3) is 0.412. The highest BCUT2D eigenvalue weighted by Crippen LogP contribution is 2.34. The summed E-state index contributed by atoms with van der Waals surface area (Å²) in [4.78, 5) is 29.3. The molecule has 11 heteroatoms. The van der Waals surface area contributed by atoms with Crippen LogP contribution in [0.5, 0.6) is 11.5 Å². The first kappa shape index (κ1) is 32.3. The van der Waals surface area contributed by atoms with Crippen LogP contribution in [0.4, 0.5) is 10.1 Å². The summed E-state index contributed by atoms with van der Waals surface area (Å²) in [6.45, 7) is 2.08. The number of halogens is 1. The van der Waals surface area contributed by atoms with E-state index in [0.717, 1.165) is 54.1 Å². The predicted molar refractivity (Wildman–Crippen MR) is 169 cm³/mol. The first-order valence-corrected chi connectivity index (χ1v) is 17.0. The van der Waals surface area contributed by atoms with E-state index < -0.39 is 34.3 Å². The van der Waals surface area contributed by atoms with Gasteiger partial charge in [0.05, 0.1) is 10.6 Å². The van der Waals surface area contributed by atoms with Gasteiger partial charge in [0.15, 0.2) is 11.5 Å². The van der Waals surface area contributed by atoms with Gasteiger partial charge in [-0.2, -0.15) is 0 Å². The van der Waals surface area contributed by atoms with Crippen LogP contribution in [-0.2, 0) is 26.0 Å².